The van der Waals surface area contributed by atoms with Gasteiger partial charge in [-0.2, -0.15) is 0 Å². The van der Waals surface area contributed by atoms with Crippen LogP contribution in [0.3, 0.4) is 0 Å². The third kappa shape index (κ3) is 7.65. The van der Waals surface area contributed by atoms with Gasteiger partial charge in [-0.3, -0.25) is 9.59 Å². The highest BCUT2D eigenvalue weighted by molar-refractivity contribution is 5.94. The van der Waals surface area contributed by atoms with E-state index in [1.807, 2.05) is 50.2 Å². The lowest BCUT2D eigenvalue weighted by Crippen LogP contribution is -2.41. The van der Waals surface area contributed by atoms with E-state index in [2.05, 4.69) is 5.32 Å². The molecule has 0 heterocycles. The van der Waals surface area contributed by atoms with Crippen molar-refractivity contribution < 1.29 is 18.7 Å². The van der Waals surface area contributed by atoms with E-state index in [9.17, 15) is 14.0 Å². The van der Waals surface area contributed by atoms with Crippen LogP contribution in [0.4, 0.5) is 10.1 Å². The van der Waals surface area contributed by atoms with Gasteiger partial charge in [0.15, 0.2) is 0 Å². The Hall–Kier alpha value is -3.71. The van der Waals surface area contributed by atoms with Gasteiger partial charge in [-0.05, 0) is 65.6 Å². The number of benzene rings is 3. The smallest absolute Gasteiger partial charge is 0.254 e. The van der Waals surface area contributed by atoms with Crippen LogP contribution in [0.5, 0.6) is 5.75 Å². The third-order valence-electron chi connectivity index (χ3n) is 5.67. The van der Waals surface area contributed by atoms with Crippen LogP contribution in [0.1, 0.15) is 35.3 Å². The van der Waals surface area contributed by atoms with E-state index in [-0.39, 0.29) is 23.7 Å². The first-order valence-electron chi connectivity index (χ1n) is 11.5. The number of amides is 2. The van der Waals surface area contributed by atoms with Crippen molar-refractivity contribution in [3.05, 3.63) is 95.3 Å². The molecular formula is C28H32FN3O3. The Morgan fingerprint density at radius 1 is 1.00 bits per heavy atom. The summed E-state index contributed by atoms with van der Waals surface area (Å²) < 4.78 is 18.8. The normalized spacial score (nSPS) is 11.1. The first-order valence-corrected chi connectivity index (χ1v) is 11.5. The maximum atomic E-state index is 13.7. The number of hydrogen-bond donors (Lipinski definition) is 2. The lowest BCUT2D eigenvalue weighted by Gasteiger charge is -2.32. The molecule has 0 aliphatic rings. The quantitative estimate of drug-likeness (QED) is 0.445. The van der Waals surface area contributed by atoms with Gasteiger partial charge in [0, 0.05) is 24.3 Å². The molecule has 0 unspecified atom stereocenters. The number of carbonyl (C=O) groups is 2. The van der Waals surface area contributed by atoms with Crippen molar-refractivity contribution in [2.45, 2.75) is 26.8 Å². The summed E-state index contributed by atoms with van der Waals surface area (Å²) in [5.41, 5.74) is 8.32. The van der Waals surface area contributed by atoms with Crippen molar-refractivity contribution in [2.24, 2.45) is 11.1 Å². The number of nitrogens with one attached hydrogen (secondary N) is 1. The Morgan fingerprint density at radius 3 is 2.26 bits per heavy atom. The number of methoxy groups -OCH3 is 1. The summed E-state index contributed by atoms with van der Waals surface area (Å²) in [6.07, 6.45) is 0.246. The fourth-order valence-electron chi connectivity index (χ4n) is 3.63. The van der Waals surface area contributed by atoms with Gasteiger partial charge in [0.05, 0.1) is 13.5 Å². The van der Waals surface area contributed by atoms with Gasteiger partial charge in [0.2, 0.25) is 5.91 Å². The molecule has 7 heteroatoms. The third-order valence-corrected chi connectivity index (χ3v) is 5.67. The fourth-order valence-corrected chi connectivity index (χ4v) is 3.63. The Kier molecular flexibility index (Phi) is 8.60. The summed E-state index contributed by atoms with van der Waals surface area (Å²) in [6.45, 7) is 5.12. The highest BCUT2D eigenvalue weighted by Gasteiger charge is 2.25. The van der Waals surface area contributed by atoms with Crippen LogP contribution in [0.15, 0.2) is 72.8 Å². The number of halogens is 1. The molecule has 0 atom stereocenters. The predicted molar refractivity (Wildman–Crippen MR) is 136 cm³/mol. The molecule has 0 aliphatic heterocycles. The van der Waals surface area contributed by atoms with E-state index in [1.165, 1.54) is 18.2 Å². The predicted octanol–water partition coefficient (Wildman–Crippen LogP) is 4.64. The van der Waals surface area contributed by atoms with Crippen LogP contribution in [0.25, 0.3) is 0 Å². The largest absolute Gasteiger partial charge is 0.497 e. The summed E-state index contributed by atoms with van der Waals surface area (Å²) in [4.78, 5) is 27.3. The second-order valence-electron chi connectivity index (χ2n) is 9.31. The molecule has 0 saturated heterocycles. The van der Waals surface area contributed by atoms with Gasteiger partial charge >= 0.3 is 0 Å². The Balaban J connectivity index is 1.67. The number of carbonyl (C=O) groups excluding carboxylic acids is 2. The maximum absolute atomic E-state index is 13.7. The number of ether oxygens (including phenoxy) is 1. The van der Waals surface area contributed by atoms with Crippen LogP contribution in [0.2, 0.25) is 0 Å². The van der Waals surface area contributed by atoms with Crippen molar-refractivity contribution in [3.63, 3.8) is 0 Å². The maximum Gasteiger partial charge on any atom is 0.254 e. The van der Waals surface area contributed by atoms with Gasteiger partial charge in [-0.25, -0.2) is 4.39 Å². The summed E-state index contributed by atoms with van der Waals surface area (Å²) in [5, 5.41) is 2.89. The minimum atomic E-state index is -0.455. The van der Waals surface area contributed by atoms with Crippen molar-refractivity contribution >= 4 is 17.5 Å². The fraction of sp³-hybridized carbons (Fsp3) is 0.286. The molecule has 3 aromatic rings. The monoisotopic (exact) mass is 477 g/mol. The van der Waals surface area contributed by atoms with E-state index < -0.39 is 5.82 Å². The number of hydrogen-bond acceptors (Lipinski definition) is 4. The second kappa shape index (κ2) is 11.6. The van der Waals surface area contributed by atoms with Gasteiger partial charge in [0.25, 0.3) is 5.91 Å². The van der Waals surface area contributed by atoms with Gasteiger partial charge in [0.1, 0.15) is 11.6 Å². The molecule has 35 heavy (non-hydrogen) atoms. The Labute approximate surface area is 205 Å². The van der Waals surface area contributed by atoms with Gasteiger partial charge in [-0.15, -0.1) is 0 Å². The Morgan fingerprint density at radius 2 is 1.66 bits per heavy atom. The minimum absolute atomic E-state index is 0.129. The van der Waals surface area contributed by atoms with Crippen LogP contribution in [0, 0.1) is 11.2 Å². The second-order valence-corrected chi connectivity index (χ2v) is 9.31. The summed E-state index contributed by atoms with van der Waals surface area (Å²) in [6, 6.07) is 20.4. The molecule has 0 saturated carbocycles. The first kappa shape index (κ1) is 25.9. The van der Waals surface area contributed by atoms with Crippen molar-refractivity contribution in [3.8, 4) is 5.75 Å². The van der Waals surface area contributed by atoms with Gasteiger partial charge < -0.3 is 20.7 Å². The number of nitrogens with zero attached hydrogens (tertiary/aromatic N) is 1. The molecule has 6 nitrogen and oxygen atoms in total. The lowest BCUT2D eigenvalue weighted by atomic mass is 9.92. The molecule has 0 aromatic heterocycles. The van der Waals surface area contributed by atoms with E-state index in [4.69, 9.17) is 10.5 Å². The molecule has 0 bridgehead atoms. The average Bonchev–Trinajstić information content (AvgIpc) is 2.84. The molecule has 2 amide bonds. The van der Waals surface area contributed by atoms with Crippen LogP contribution in [-0.2, 0) is 17.8 Å². The molecule has 0 aliphatic carbocycles. The SMILES string of the molecule is COc1ccc(CC(=O)Nc2ccc(CN(CC(C)(C)CN)C(=O)c3cccc(F)c3)cc2)cc1. The van der Waals surface area contributed by atoms with Crippen molar-refractivity contribution in [2.75, 3.05) is 25.5 Å². The number of nitrogens with two attached hydrogens (primary N) is 1. The highest BCUT2D eigenvalue weighted by atomic mass is 19.1. The van der Waals surface area contributed by atoms with Crippen LogP contribution >= 0.6 is 0 Å². The molecule has 3 N–H and O–H groups in total. The Bertz CT molecular complexity index is 1140. The molecular weight excluding hydrogens is 445 g/mol. The van der Waals surface area contributed by atoms with E-state index in [1.54, 1.807) is 30.2 Å². The summed E-state index contributed by atoms with van der Waals surface area (Å²) in [7, 11) is 1.60. The van der Waals surface area contributed by atoms with E-state index in [0.29, 0.717) is 30.9 Å². The number of rotatable bonds is 10. The zero-order valence-electron chi connectivity index (χ0n) is 20.4. The van der Waals surface area contributed by atoms with E-state index >= 15 is 0 Å². The van der Waals surface area contributed by atoms with Crippen LogP contribution in [-0.4, -0.2) is 36.9 Å². The zero-order valence-corrected chi connectivity index (χ0v) is 20.4. The van der Waals surface area contributed by atoms with Crippen molar-refractivity contribution in [1.82, 2.24) is 4.90 Å². The van der Waals surface area contributed by atoms with Gasteiger partial charge in [-0.1, -0.05) is 44.2 Å². The number of anilines is 1. The highest BCUT2D eigenvalue weighted by Crippen LogP contribution is 2.21. The van der Waals surface area contributed by atoms with Crippen molar-refractivity contribution in [1.29, 1.82) is 0 Å². The molecule has 0 spiro atoms. The average molecular weight is 478 g/mol. The molecule has 0 radical (unpaired) electrons. The molecule has 3 aromatic carbocycles. The minimum Gasteiger partial charge on any atom is -0.497 e. The standard InChI is InChI=1S/C28H32FN3O3/c1-28(2,18-30)19-32(27(34)22-5-4-6-23(29)16-22)17-21-7-11-24(12-8-21)31-26(33)15-20-9-13-25(35-3)14-10-20/h4-14,16H,15,17-19,30H2,1-3H3,(H,31,33). The lowest BCUT2D eigenvalue weighted by molar-refractivity contribution is -0.115. The molecule has 184 valence electrons. The molecule has 3 rings (SSSR count). The van der Waals surface area contributed by atoms with E-state index in [0.717, 1.165) is 16.9 Å². The summed E-state index contributed by atoms with van der Waals surface area (Å²) >= 11 is 0. The first-order chi connectivity index (χ1) is 16.7. The molecule has 0 fully saturated rings. The van der Waals surface area contributed by atoms with Crippen LogP contribution < -0.4 is 15.8 Å². The summed E-state index contributed by atoms with van der Waals surface area (Å²) in [5.74, 6) is -0.105. The zero-order chi connectivity index (χ0) is 25.4. The topological polar surface area (TPSA) is 84.7 Å².